The van der Waals surface area contributed by atoms with Crippen molar-refractivity contribution in [3.05, 3.63) is 59.2 Å². The molecule has 3 aliphatic rings. The van der Waals surface area contributed by atoms with Gasteiger partial charge in [0.25, 0.3) is 5.91 Å². The van der Waals surface area contributed by atoms with Gasteiger partial charge < -0.3 is 19.3 Å². The predicted octanol–water partition coefficient (Wildman–Crippen LogP) is 4.20. The Morgan fingerprint density at radius 2 is 1.82 bits per heavy atom. The van der Waals surface area contributed by atoms with Crippen LogP contribution in [0.15, 0.2) is 42.5 Å². The third kappa shape index (κ3) is 4.19. The molecule has 0 unspecified atom stereocenters. The average molecular weight is 449 g/mol. The SMILES string of the molecule is CC(=O)N1Cc2ccccc2OC2(CCC(N(C)C(=O)c3ccc4c(c3)C[C@H](C)O4)CC2)C1. The van der Waals surface area contributed by atoms with Gasteiger partial charge in [0.2, 0.25) is 5.91 Å². The Hall–Kier alpha value is -3.02. The zero-order valence-corrected chi connectivity index (χ0v) is 19.7. The number of ether oxygens (including phenoxy) is 2. The molecule has 6 heteroatoms. The van der Waals surface area contributed by atoms with Gasteiger partial charge in [-0.25, -0.2) is 0 Å². The minimum Gasteiger partial charge on any atom is -0.490 e. The van der Waals surface area contributed by atoms with Crippen LogP contribution in [0.5, 0.6) is 11.5 Å². The number of fused-ring (bicyclic) bond motifs is 2. The predicted molar refractivity (Wildman–Crippen MR) is 125 cm³/mol. The quantitative estimate of drug-likeness (QED) is 0.691. The molecule has 0 saturated heterocycles. The molecule has 2 aromatic rings. The lowest BCUT2D eigenvalue weighted by molar-refractivity contribution is -0.132. The second-order valence-electron chi connectivity index (χ2n) is 9.87. The van der Waals surface area contributed by atoms with Crippen molar-refractivity contribution in [1.82, 2.24) is 9.80 Å². The maximum Gasteiger partial charge on any atom is 0.253 e. The number of nitrogens with zero attached hydrogens (tertiary/aromatic N) is 2. The summed E-state index contributed by atoms with van der Waals surface area (Å²) in [5, 5.41) is 0. The monoisotopic (exact) mass is 448 g/mol. The number of hydrogen-bond donors (Lipinski definition) is 0. The molecule has 1 atom stereocenters. The molecule has 0 radical (unpaired) electrons. The minimum absolute atomic E-state index is 0.0517. The van der Waals surface area contributed by atoms with Gasteiger partial charge in [-0.15, -0.1) is 0 Å². The van der Waals surface area contributed by atoms with Gasteiger partial charge in [-0.2, -0.15) is 0 Å². The Morgan fingerprint density at radius 3 is 2.58 bits per heavy atom. The highest BCUT2D eigenvalue weighted by atomic mass is 16.5. The summed E-state index contributed by atoms with van der Waals surface area (Å²) in [4.78, 5) is 29.4. The van der Waals surface area contributed by atoms with E-state index in [0.29, 0.717) is 13.1 Å². The number of carbonyl (C=O) groups excluding carboxylic acids is 2. The van der Waals surface area contributed by atoms with Gasteiger partial charge in [-0.1, -0.05) is 18.2 Å². The van der Waals surface area contributed by atoms with Gasteiger partial charge in [-0.3, -0.25) is 9.59 Å². The first-order chi connectivity index (χ1) is 15.8. The number of rotatable bonds is 2. The molecular formula is C27H32N2O4. The lowest BCUT2D eigenvalue weighted by atomic mass is 9.81. The Kier molecular flexibility index (Phi) is 5.55. The topological polar surface area (TPSA) is 59.1 Å². The summed E-state index contributed by atoms with van der Waals surface area (Å²) >= 11 is 0. The molecule has 0 aromatic heterocycles. The van der Waals surface area contributed by atoms with E-state index in [1.165, 1.54) is 0 Å². The first-order valence-corrected chi connectivity index (χ1v) is 11.9. The van der Waals surface area contributed by atoms with E-state index < -0.39 is 5.60 Å². The smallest absolute Gasteiger partial charge is 0.253 e. The molecular weight excluding hydrogens is 416 g/mol. The van der Waals surface area contributed by atoms with Gasteiger partial charge in [0, 0.05) is 44.1 Å². The summed E-state index contributed by atoms with van der Waals surface area (Å²) in [5.41, 5.74) is 2.48. The van der Waals surface area contributed by atoms with Crippen molar-refractivity contribution in [2.45, 2.75) is 70.2 Å². The van der Waals surface area contributed by atoms with E-state index in [0.717, 1.165) is 60.3 Å². The third-order valence-corrected chi connectivity index (χ3v) is 7.46. The van der Waals surface area contributed by atoms with Crippen LogP contribution in [-0.2, 0) is 17.8 Å². The largest absolute Gasteiger partial charge is 0.490 e. The molecule has 0 bridgehead atoms. The maximum atomic E-state index is 13.3. The van der Waals surface area contributed by atoms with E-state index in [4.69, 9.17) is 9.47 Å². The van der Waals surface area contributed by atoms with E-state index in [9.17, 15) is 9.59 Å². The van der Waals surface area contributed by atoms with E-state index >= 15 is 0 Å². The van der Waals surface area contributed by atoms with Crippen molar-refractivity contribution >= 4 is 11.8 Å². The Morgan fingerprint density at radius 1 is 1.06 bits per heavy atom. The average Bonchev–Trinajstić information content (AvgIpc) is 3.09. The molecule has 174 valence electrons. The van der Waals surface area contributed by atoms with Crippen LogP contribution in [0.1, 0.15) is 61.0 Å². The fourth-order valence-corrected chi connectivity index (χ4v) is 5.53. The molecule has 33 heavy (non-hydrogen) atoms. The van der Waals surface area contributed by atoms with Gasteiger partial charge >= 0.3 is 0 Å². The third-order valence-electron chi connectivity index (χ3n) is 7.46. The lowest BCUT2D eigenvalue weighted by Gasteiger charge is -2.43. The zero-order chi connectivity index (χ0) is 23.2. The molecule has 1 fully saturated rings. The first-order valence-electron chi connectivity index (χ1n) is 11.9. The van der Waals surface area contributed by atoms with Crippen LogP contribution in [0.25, 0.3) is 0 Å². The van der Waals surface area contributed by atoms with Crippen LogP contribution in [-0.4, -0.2) is 53.0 Å². The van der Waals surface area contributed by atoms with Crippen molar-refractivity contribution in [2.75, 3.05) is 13.6 Å². The second-order valence-corrected chi connectivity index (χ2v) is 9.87. The zero-order valence-electron chi connectivity index (χ0n) is 19.7. The van der Waals surface area contributed by atoms with Crippen molar-refractivity contribution < 1.29 is 19.1 Å². The summed E-state index contributed by atoms with van der Waals surface area (Å²) in [5.74, 6) is 1.88. The van der Waals surface area contributed by atoms with Gasteiger partial charge in [-0.05, 0) is 62.4 Å². The molecule has 2 aromatic carbocycles. The van der Waals surface area contributed by atoms with Crippen molar-refractivity contribution in [2.24, 2.45) is 0 Å². The van der Waals surface area contributed by atoms with Crippen molar-refractivity contribution in [3.63, 3.8) is 0 Å². The van der Waals surface area contributed by atoms with Crippen LogP contribution in [0.4, 0.5) is 0 Å². The van der Waals surface area contributed by atoms with Crippen molar-refractivity contribution in [1.29, 1.82) is 0 Å². The van der Waals surface area contributed by atoms with Crippen molar-refractivity contribution in [3.8, 4) is 11.5 Å². The van der Waals surface area contributed by atoms with E-state index in [1.807, 2.05) is 66.2 Å². The standard InChI is InChI=1S/C27H32N2O4/c1-18-14-22-15-20(8-9-24(22)32-18)26(31)28(3)23-10-12-27(13-11-23)17-29(19(2)30)16-21-6-4-5-7-25(21)33-27/h4-9,15,18,23H,10-14,16-17H2,1-3H3/t18-,23?,27?/m0/s1. The lowest BCUT2D eigenvalue weighted by Crippen LogP contribution is -2.52. The summed E-state index contributed by atoms with van der Waals surface area (Å²) in [6, 6.07) is 13.9. The van der Waals surface area contributed by atoms with Gasteiger partial charge in [0.1, 0.15) is 23.2 Å². The highest BCUT2D eigenvalue weighted by Crippen LogP contribution is 2.39. The number of carbonyl (C=O) groups is 2. The van der Waals surface area contributed by atoms with Crippen LogP contribution in [0, 0.1) is 0 Å². The van der Waals surface area contributed by atoms with E-state index in [1.54, 1.807) is 6.92 Å². The maximum absolute atomic E-state index is 13.3. The van der Waals surface area contributed by atoms with Crippen LogP contribution in [0.2, 0.25) is 0 Å². The minimum atomic E-state index is -0.403. The number of hydrogen-bond acceptors (Lipinski definition) is 4. The second kappa shape index (κ2) is 8.40. The number of para-hydroxylation sites is 1. The molecule has 6 nitrogen and oxygen atoms in total. The molecule has 5 rings (SSSR count). The number of benzene rings is 2. The fourth-order valence-electron chi connectivity index (χ4n) is 5.53. The molecule has 1 saturated carbocycles. The van der Waals surface area contributed by atoms with Gasteiger partial charge in [0.05, 0.1) is 6.54 Å². The van der Waals surface area contributed by atoms with E-state index in [2.05, 4.69) is 0 Å². The van der Waals surface area contributed by atoms with Gasteiger partial charge in [0.15, 0.2) is 0 Å². The Bertz CT molecular complexity index is 1070. The summed E-state index contributed by atoms with van der Waals surface area (Å²) in [7, 11) is 1.91. The highest BCUT2D eigenvalue weighted by molar-refractivity contribution is 5.94. The Balaban J connectivity index is 1.29. The van der Waals surface area contributed by atoms with Crippen LogP contribution < -0.4 is 9.47 Å². The van der Waals surface area contributed by atoms with Crippen LogP contribution in [0.3, 0.4) is 0 Å². The summed E-state index contributed by atoms with van der Waals surface area (Å²) < 4.78 is 12.4. The first kappa shape index (κ1) is 21.8. The summed E-state index contributed by atoms with van der Waals surface area (Å²) in [6.45, 7) is 4.84. The summed E-state index contributed by atoms with van der Waals surface area (Å²) in [6.07, 6.45) is 4.32. The molecule has 0 N–H and O–H groups in total. The molecule has 2 aliphatic heterocycles. The molecule has 2 heterocycles. The molecule has 1 aliphatic carbocycles. The van der Waals surface area contributed by atoms with E-state index in [-0.39, 0.29) is 24.0 Å². The van der Waals surface area contributed by atoms with Crippen LogP contribution >= 0.6 is 0 Å². The fraction of sp³-hybridized carbons (Fsp3) is 0.481. The highest BCUT2D eigenvalue weighted by Gasteiger charge is 2.43. The normalized spacial score (nSPS) is 26.0. The Labute approximate surface area is 195 Å². The molecule has 1 spiro atoms. The molecule has 2 amide bonds. The number of amides is 2.